The molecule has 0 bridgehead atoms. The first kappa shape index (κ1) is 13.5. The third-order valence-electron chi connectivity index (χ3n) is 4.11. The number of alkyl halides is 2. The lowest BCUT2D eigenvalue weighted by atomic mass is 10.1. The number of carbonyl (C=O) groups excluding carboxylic acids is 1. The normalized spacial score (nSPS) is 26.1. The maximum atomic E-state index is 14.5. The molecule has 1 fully saturated rings. The minimum absolute atomic E-state index is 0.0450. The molecule has 1 heterocycles. The monoisotopic (exact) mass is 283 g/mol. The van der Waals surface area contributed by atoms with Gasteiger partial charge in [-0.15, -0.1) is 0 Å². The Balaban J connectivity index is 2.24. The lowest BCUT2D eigenvalue weighted by Crippen LogP contribution is -2.31. The van der Waals surface area contributed by atoms with Crippen LogP contribution >= 0.6 is 0 Å². The van der Waals surface area contributed by atoms with E-state index >= 15 is 0 Å². The second kappa shape index (κ2) is 3.59. The standard InChI is InChI=1S/C14H19F2N3O/c1-13(2,3)19-11-9(7-6-8(7)14(11,15)16)10(17-19)12(20)18(4)5/h7-8H,6H2,1-5H3/t7-,8+/m0/s1. The van der Waals surface area contributed by atoms with Crippen molar-refractivity contribution in [1.29, 1.82) is 0 Å². The van der Waals surface area contributed by atoms with E-state index in [0.29, 0.717) is 12.0 Å². The van der Waals surface area contributed by atoms with Gasteiger partial charge >= 0.3 is 0 Å². The Morgan fingerprint density at radius 1 is 1.40 bits per heavy atom. The molecule has 2 aliphatic rings. The predicted octanol–water partition coefficient (Wildman–Crippen LogP) is 2.55. The molecule has 0 aromatic carbocycles. The number of hydrogen-bond acceptors (Lipinski definition) is 2. The Morgan fingerprint density at radius 3 is 2.50 bits per heavy atom. The fraction of sp³-hybridized carbons (Fsp3) is 0.714. The summed E-state index contributed by atoms with van der Waals surface area (Å²) >= 11 is 0. The van der Waals surface area contributed by atoms with Gasteiger partial charge in [0, 0.05) is 25.6 Å². The van der Waals surface area contributed by atoms with Crippen LogP contribution in [0.5, 0.6) is 0 Å². The highest BCUT2D eigenvalue weighted by atomic mass is 19.3. The summed E-state index contributed by atoms with van der Waals surface area (Å²) in [5.41, 5.74) is 0.0597. The van der Waals surface area contributed by atoms with Crippen LogP contribution in [0.3, 0.4) is 0 Å². The van der Waals surface area contributed by atoms with Crippen molar-refractivity contribution in [3.63, 3.8) is 0 Å². The third-order valence-corrected chi connectivity index (χ3v) is 4.11. The van der Waals surface area contributed by atoms with E-state index < -0.39 is 17.4 Å². The van der Waals surface area contributed by atoms with E-state index in [4.69, 9.17) is 0 Å². The predicted molar refractivity (Wildman–Crippen MR) is 70.0 cm³/mol. The van der Waals surface area contributed by atoms with Gasteiger partial charge in [-0.2, -0.15) is 13.9 Å². The van der Waals surface area contributed by atoms with Gasteiger partial charge in [0.25, 0.3) is 11.8 Å². The van der Waals surface area contributed by atoms with Crippen LogP contribution in [-0.4, -0.2) is 34.7 Å². The van der Waals surface area contributed by atoms with Crippen LogP contribution in [0.1, 0.15) is 54.9 Å². The van der Waals surface area contributed by atoms with Gasteiger partial charge in [-0.1, -0.05) is 0 Å². The molecule has 110 valence electrons. The SMILES string of the molecule is CN(C)C(=O)c1nn(C(C)(C)C)c2c1[C@H]1C[C@H]1C2(F)F. The summed E-state index contributed by atoms with van der Waals surface area (Å²) in [5.74, 6) is -4.01. The first-order valence-electron chi connectivity index (χ1n) is 6.80. The maximum absolute atomic E-state index is 14.5. The van der Waals surface area contributed by atoms with Crippen LogP contribution in [0.4, 0.5) is 8.78 Å². The Labute approximate surface area is 116 Å². The zero-order chi connectivity index (χ0) is 15.0. The molecule has 0 unspecified atom stereocenters. The van der Waals surface area contributed by atoms with E-state index in [1.165, 1.54) is 9.58 Å². The van der Waals surface area contributed by atoms with E-state index in [2.05, 4.69) is 5.10 Å². The molecule has 1 saturated carbocycles. The van der Waals surface area contributed by atoms with Crippen LogP contribution in [0, 0.1) is 5.92 Å². The summed E-state index contributed by atoms with van der Waals surface area (Å²) in [6.07, 6.45) is 0.462. The quantitative estimate of drug-likeness (QED) is 0.794. The van der Waals surface area contributed by atoms with Gasteiger partial charge in [-0.25, -0.2) is 0 Å². The van der Waals surface area contributed by atoms with Crippen molar-refractivity contribution < 1.29 is 13.6 Å². The van der Waals surface area contributed by atoms with Crippen LogP contribution in [-0.2, 0) is 11.5 Å². The van der Waals surface area contributed by atoms with E-state index in [1.54, 1.807) is 14.1 Å². The molecule has 2 atom stereocenters. The number of hydrogen-bond donors (Lipinski definition) is 0. The zero-order valence-electron chi connectivity index (χ0n) is 12.4. The first-order valence-corrected chi connectivity index (χ1v) is 6.80. The smallest absolute Gasteiger partial charge is 0.293 e. The van der Waals surface area contributed by atoms with E-state index in [-0.39, 0.29) is 23.2 Å². The molecule has 1 aromatic heterocycles. The average Bonchev–Trinajstić information content (AvgIpc) is 2.93. The number of aromatic nitrogens is 2. The van der Waals surface area contributed by atoms with Crippen molar-refractivity contribution in [3.05, 3.63) is 17.0 Å². The van der Waals surface area contributed by atoms with Gasteiger partial charge in [-0.05, 0) is 33.1 Å². The van der Waals surface area contributed by atoms with E-state index in [9.17, 15) is 13.6 Å². The maximum Gasteiger partial charge on any atom is 0.293 e. The Hall–Kier alpha value is -1.46. The van der Waals surface area contributed by atoms with Crippen LogP contribution < -0.4 is 0 Å². The minimum atomic E-state index is -2.87. The van der Waals surface area contributed by atoms with Gasteiger partial charge in [0.2, 0.25) is 0 Å². The summed E-state index contributed by atoms with van der Waals surface area (Å²) in [5, 5.41) is 4.24. The molecule has 0 aliphatic heterocycles. The van der Waals surface area contributed by atoms with Crippen LogP contribution in [0.15, 0.2) is 0 Å². The van der Waals surface area contributed by atoms with Crippen molar-refractivity contribution in [2.45, 2.75) is 44.6 Å². The third kappa shape index (κ3) is 1.56. The van der Waals surface area contributed by atoms with Gasteiger partial charge in [0.15, 0.2) is 5.69 Å². The Morgan fingerprint density at radius 2 is 2.00 bits per heavy atom. The zero-order valence-corrected chi connectivity index (χ0v) is 12.4. The Bertz CT molecular complexity index is 598. The number of fused-ring (bicyclic) bond motifs is 3. The number of halogens is 2. The lowest BCUT2D eigenvalue weighted by molar-refractivity contribution is -0.0342. The molecule has 1 aromatic rings. The second-order valence-corrected chi connectivity index (χ2v) is 6.96. The van der Waals surface area contributed by atoms with Gasteiger partial charge in [0.05, 0.1) is 5.54 Å². The summed E-state index contributed by atoms with van der Waals surface area (Å²) in [4.78, 5) is 13.6. The molecular formula is C14H19F2N3O. The highest BCUT2D eigenvalue weighted by molar-refractivity contribution is 5.94. The molecule has 0 N–H and O–H groups in total. The lowest BCUT2D eigenvalue weighted by Gasteiger charge is -2.25. The molecule has 6 heteroatoms. The molecule has 4 nitrogen and oxygen atoms in total. The van der Waals surface area contributed by atoms with Crippen molar-refractivity contribution >= 4 is 5.91 Å². The summed E-state index contributed by atoms with van der Waals surface area (Å²) < 4.78 is 30.3. The molecule has 0 spiro atoms. The van der Waals surface area contributed by atoms with Crippen LogP contribution in [0.2, 0.25) is 0 Å². The number of rotatable bonds is 1. The van der Waals surface area contributed by atoms with Crippen molar-refractivity contribution in [2.75, 3.05) is 14.1 Å². The van der Waals surface area contributed by atoms with Crippen molar-refractivity contribution in [2.24, 2.45) is 5.92 Å². The van der Waals surface area contributed by atoms with Gasteiger partial charge in [-0.3, -0.25) is 9.48 Å². The summed E-state index contributed by atoms with van der Waals surface area (Å²) in [6, 6.07) is 0. The topological polar surface area (TPSA) is 38.1 Å². The van der Waals surface area contributed by atoms with E-state index in [0.717, 1.165) is 0 Å². The molecule has 20 heavy (non-hydrogen) atoms. The van der Waals surface area contributed by atoms with Crippen molar-refractivity contribution in [1.82, 2.24) is 14.7 Å². The highest BCUT2D eigenvalue weighted by Crippen LogP contribution is 2.68. The first-order chi connectivity index (χ1) is 9.06. The highest BCUT2D eigenvalue weighted by Gasteiger charge is 2.67. The average molecular weight is 283 g/mol. The molecule has 1 amide bonds. The molecule has 0 radical (unpaired) electrons. The number of nitrogens with zero attached hydrogens (tertiary/aromatic N) is 3. The fourth-order valence-corrected chi connectivity index (χ4v) is 3.05. The summed E-state index contributed by atoms with van der Waals surface area (Å²) in [6.45, 7) is 5.47. The Kier molecular flexibility index (Phi) is 2.43. The fourth-order valence-electron chi connectivity index (χ4n) is 3.05. The number of amides is 1. The molecule has 2 aliphatic carbocycles. The van der Waals surface area contributed by atoms with E-state index in [1.807, 2.05) is 20.8 Å². The molecule has 3 rings (SSSR count). The minimum Gasteiger partial charge on any atom is -0.343 e. The number of carbonyl (C=O) groups is 1. The van der Waals surface area contributed by atoms with Crippen molar-refractivity contribution in [3.8, 4) is 0 Å². The van der Waals surface area contributed by atoms with Gasteiger partial charge < -0.3 is 4.90 Å². The summed E-state index contributed by atoms with van der Waals surface area (Å²) in [7, 11) is 3.23. The largest absolute Gasteiger partial charge is 0.343 e. The molecule has 0 saturated heterocycles. The van der Waals surface area contributed by atoms with Crippen LogP contribution in [0.25, 0.3) is 0 Å². The molecular weight excluding hydrogens is 264 g/mol. The van der Waals surface area contributed by atoms with Gasteiger partial charge in [0.1, 0.15) is 5.69 Å². The second-order valence-electron chi connectivity index (χ2n) is 6.96.